The molecule has 0 atom stereocenters. The van der Waals surface area contributed by atoms with Gasteiger partial charge in [0.2, 0.25) is 0 Å². The summed E-state index contributed by atoms with van der Waals surface area (Å²) in [5.41, 5.74) is 7.31. The van der Waals surface area contributed by atoms with Crippen molar-refractivity contribution in [1.82, 2.24) is 9.13 Å². The lowest BCUT2D eigenvalue weighted by Crippen LogP contribution is -2.29. The van der Waals surface area contributed by atoms with Crippen LogP contribution in [0.15, 0.2) is 133 Å². The molecular weight excluding hydrogens is 556 g/mol. The van der Waals surface area contributed by atoms with E-state index in [-0.39, 0.29) is 11.8 Å². The minimum atomic E-state index is -0.389. The van der Waals surface area contributed by atoms with Crippen LogP contribution in [0.2, 0.25) is 0 Å². The topological polar surface area (TPSA) is 71.0 Å². The van der Waals surface area contributed by atoms with Gasteiger partial charge in [-0.3, -0.25) is 9.59 Å². The molecule has 2 aromatic heterocycles. The minimum absolute atomic E-state index is 0.357. The normalized spacial score (nSPS) is 12.9. The second-order valence-corrected chi connectivity index (χ2v) is 11.2. The summed E-state index contributed by atoms with van der Waals surface area (Å²) in [5, 5.41) is 14.9. The van der Waals surface area contributed by atoms with Gasteiger partial charge < -0.3 is 9.13 Å². The summed E-state index contributed by atoms with van der Waals surface area (Å²) in [6.45, 7) is 0. The fraction of sp³-hybridized carbons (Fsp3) is 0. The largest absolute Gasteiger partial charge is 0.309 e. The van der Waals surface area contributed by atoms with E-state index in [1.54, 1.807) is 36.4 Å². The van der Waals surface area contributed by atoms with Gasteiger partial charge in [-0.05, 0) is 60.7 Å². The Kier molecular flexibility index (Phi) is 5.17. The van der Waals surface area contributed by atoms with Gasteiger partial charge in [-0.2, -0.15) is 5.26 Å². The van der Waals surface area contributed by atoms with E-state index in [2.05, 4.69) is 88.0 Å². The van der Waals surface area contributed by atoms with Crippen LogP contribution >= 0.6 is 0 Å². The second kappa shape index (κ2) is 9.27. The monoisotopic (exact) mass is 578 g/mol. The predicted molar refractivity (Wildman–Crippen MR) is 177 cm³/mol. The number of amides is 2. The van der Waals surface area contributed by atoms with Crippen molar-refractivity contribution in [2.75, 3.05) is 4.90 Å². The number of carbonyl (C=O) groups excluding carboxylic acids is 2. The van der Waals surface area contributed by atoms with Crippen molar-refractivity contribution >= 4 is 61.1 Å². The van der Waals surface area contributed by atoms with Crippen LogP contribution < -0.4 is 4.90 Å². The number of benzene rings is 6. The number of para-hydroxylation sites is 3. The first-order valence-electron chi connectivity index (χ1n) is 14.7. The van der Waals surface area contributed by atoms with Crippen molar-refractivity contribution in [2.45, 2.75) is 0 Å². The van der Waals surface area contributed by atoms with Crippen molar-refractivity contribution in [3.8, 4) is 17.4 Å². The van der Waals surface area contributed by atoms with Gasteiger partial charge in [0.25, 0.3) is 11.8 Å². The number of hydrogen-bond donors (Lipinski definition) is 0. The van der Waals surface area contributed by atoms with Crippen molar-refractivity contribution in [1.29, 1.82) is 5.26 Å². The smallest absolute Gasteiger partial charge is 0.266 e. The van der Waals surface area contributed by atoms with Gasteiger partial charge >= 0.3 is 0 Å². The molecule has 2 amide bonds. The first-order chi connectivity index (χ1) is 22.2. The Morgan fingerprint density at radius 1 is 0.511 bits per heavy atom. The molecule has 0 bridgehead atoms. The molecule has 6 nitrogen and oxygen atoms in total. The summed E-state index contributed by atoms with van der Waals surface area (Å²) >= 11 is 0. The fourth-order valence-electron chi connectivity index (χ4n) is 6.98. The Morgan fingerprint density at radius 3 is 1.84 bits per heavy atom. The van der Waals surface area contributed by atoms with Crippen LogP contribution in [0, 0.1) is 11.3 Å². The highest BCUT2D eigenvalue weighted by Crippen LogP contribution is 2.42. The Morgan fingerprint density at radius 2 is 1.13 bits per heavy atom. The van der Waals surface area contributed by atoms with Gasteiger partial charge in [-0.25, -0.2) is 4.90 Å². The summed E-state index contributed by atoms with van der Waals surface area (Å²) in [7, 11) is 0. The number of aromatic nitrogens is 2. The molecule has 0 saturated heterocycles. The zero-order valence-corrected chi connectivity index (χ0v) is 23.8. The van der Waals surface area contributed by atoms with E-state index < -0.39 is 0 Å². The van der Waals surface area contributed by atoms with E-state index >= 15 is 0 Å². The molecule has 0 aliphatic carbocycles. The van der Waals surface area contributed by atoms with Crippen molar-refractivity contribution in [3.05, 3.63) is 150 Å². The summed E-state index contributed by atoms with van der Waals surface area (Å²) < 4.78 is 4.43. The molecule has 1 aliphatic rings. The Hall–Kier alpha value is -6.45. The van der Waals surface area contributed by atoms with Gasteiger partial charge in [-0.15, -0.1) is 0 Å². The average molecular weight is 579 g/mol. The zero-order chi connectivity index (χ0) is 30.2. The molecule has 45 heavy (non-hydrogen) atoms. The molecule has 3 heterocycles. The van der Waals surface area contributed by atoms with Gasteiger partial charge in [0.15, 0.2) is 0 Å². The molecule has 9 rings (SSSR count). The van der Waals surface area contributed by atoms with Crippen molar-refractivity contribution < 1.29 is 9.59 Å². The van der Waals surface area contributed by atoms with Crippen LogP contribution in [0.25, 0.3) is 55.0 Å². The van der Waals surface area contributed by atoms with Crippen LogP contribution in [0.1, 0.15) is 26.3 Å². The molecule has 0 radical (unpaired) electrons. The highest BCUT2D eigenvalue weighted by Gasteiger charge is 2.36. The molecule has 6 heteroatoms. The molecule has 0 saturated carbocycles. The molecule has 0 spiro atoms. The van der Waals surface area contributed by atoms with Crippen LogP contribution in [0.5, 0.6) is 0 Å². The summed E-state index contributed by atoms with van der Waals surface area (Å²) in [5.74, 6) is -0.777. The third-order valence-corrected chi connectivity index (χ3v) is 8.88. The lowest BCUT2D eigenvalue weighted by molar-refractivity contribution is 0.0926. The van der Waals surface area contributed by atoms with E-state index in [9.17, 15) is 14.9 Å². The molecule has 1 aliphatic heterocycles. The standard InChI is InChI=1S/C39H22N4O2/c40-23-24-22-26(42-38(44)29-13-4-5-14-30(29)39(42)45)18-20-32(24)43-34-17-9-7-15-31(34)36-35(43)21-19-28-27-12-6-8-16-33(27)41(37(28)36)25-10-2-1-3-11-25/h1-22H. The molecule has 0 unspecified atom stereocenters. The number of fused-ring (bicyclic) bond motifs is 8. The van der Waals surface area contributed by atoms with E-state index in [0.717, 1.165) is 54.2 Å². The fourth-order valence-corrected chi connectivity index (χ4v) is 6.98. The third-order valence-electron chi connectivity index (χ3n) is 8.88. The van der Waals surface area contributed by atoms with E-state index in [1.807, 2.05) is 24.3 Å². The van der Waals surface area contributed by atoms with Gasteiger partial charge in [-0.1, -0.05) is 72.8 Å². The van der Waals surface area contributed by atoms with Crippen LogP contribution in [0.4, 0.5) is 5.69 Å². The third kappa shape index (κ3) is 3.38. The van der Waals surface area contributed by atoms with Crippen LogP contribution in [-0.2, 0) is 0 Å². The Labute approximate surface area is 257 Å². The van der Waals surface area contributed by atoms with Gasteiger partial charge in [0, 0.05) is 27.2 Å². The quantitative estimate of drug-likeness (QED) is 0.197. The number of hydrogen-bond acceptors (Lipinski definition) is 3. The summed E-state index contributed by atoms with van der Waals surface area (Å²) in [6.07, 6.45) is 0. The first kappa shape index (κ1) is 25.1. The average Bonchev–Trinajstić information content (AvgIpc) is 3.70. The van der Waals surface area contributed by atoms with Crippen molar-refractivity contribution in [2.24, 2.45) is 0 Å². The number of carbonyl (C=O) groups is 2. The lowest BCUT2D eigenvalue weighted by Gasteiger charge is -2.17. The second-order valence-electron chi connectivity index (χ2n) is 11.2. The first-order valence-corrected chi connectivity index (χ1v) is 14.7. The van der Waals surface area contributed by atoms with Crippen molar-refractivity contribution in [3.63, 3.8) is 0 Å². The minimum Gasteiger partial charge on any atom is -0.309 e. The van der Waals surface area contributed by atoms with Gasteiger partial charge in [0.05, 0.1) is 50.1 Å². The summed E-state index contributed by atoms with van der Waals surface area (Å²) in [6, 6.07) is 45.7. The highest BCUT2D eigenvalue weighted by atomic mass is 16.2. The molecule has 0 fully saturated rings. The Balaban J connectivity index is 1.33. The molecule has 8 aromatic rings. The molecule has 6 aromatic carbocycles. The number of rotatable bonds is 3. The zero-order valence-electron chi connectivity index (χ0n) is 23.8. The molecule has 0 N–H and O–H groups in total. The van der Waals surface area contributed by atoms with E-state index in [1.165, 1.54) is 0 Å². The Bertz CT molecular complexity index is 2570. The maximum atomic E-state index is 13.2. The molecule has 210 valence electrons. The number of nitrogens with zero attached hydrogens (tertiary/aromatic N) is 4. The number of anilines is 1. The number of nitriles is 1. The predicted octanol–water partition coefficient (Wildman–Crippen LogP) is 8.55. The maximum absolute atomic E-state index is 13.2. The maximum Gasteiger partial charge on any atom is 0.266 e. The number of imide groups is 1. The highest BCUT2D eigenvalue weighted by molar-refractivity contribution is 6.34. The van der Waals surface area contributed by atoms with Crippen LogP contribution in [0.3, 0.4) is 0 Å². The van der Waals surface area contributed by atoms with E-state index in [4.69, 9.17) is 0 Å². The lowest BCUT2D eigenvalue weighted by atomic mass is 10.1. The van der Waals surface area contributed by atoms with Crippen LogP contribution in [-0.4, -0.2) is 20.9 Å². The SMILES string of the molecule is N#Cc1cc(N2C(=O)c3ccccc3C2=O)ccc1-n1c2ccccc2c2c1ccc1c3ccccc3n(-c3ccccc3)c12. The van der Waals surface area contributed by atoms with E-state index in [0.29, 0.717) is 28.1 Å². The molecular formula is C39H22N4O2. The van der Waals surface area contributed by atoms with Gasteiger partial charge in [0.1, 0.15) is 6.07 Å². The summed E-state index contributed by atoms with van der Waals surface area (Å²) in [4.78, 5) is 27.6.